The number of nitrogens with one attached hydrogen (secondary N) is 1. The summed E-state index contributed by atoms with van der Waals surface area (Å²) < 4.78 is 4.75. The Balaban J connectivity index is 0.000000211. The van der Waals surface area contributed by atoms with E-state index in [0.717, 1.165) is 6.20 Å². The molecule has 8 nitrogen and oxygen atoms in total. The number of aryl methyl sites for hydroxylation is 1. The molecule has 2 aromatic rings. The summed E-state index contributed by atoms with van der Waals surface area (Å²) in [5, 5.41) is 17.8. The lowest BCUT2D eigenvalue weighted by Crippen LogP contribution is -2.29. The van der Waals surface area contributed by atoms with E-state index in [0.29, 0.717) is 10.3 Å². The number of carbonyl (C=O) groups is 1. The highest BCUT2D eigenvalue weighted by Gasteiger charge is 2.08. The number of esters is 1. The highest BCUT2D eigenvalue weighted by Crippen LogP contribution is 2.15. The number of H-pyrrole nitrogens is 1. The molecule has 1 aromatic carbocycles. The normalized spacial score (nSPS) is 9.43. The lowest BCUT2D eigenvalue weighted by Gasteiger charge is -1.99. The fourth-order valence-electron chi connectivity index (χ4n) is 1.31. The minimum absolute atomic E-state index is 0.0562. The predicted octanol–water partition coefficient (Wildman–Crippen LogP) is 0.261. The third-order valence-electron chi connectivity index (χ3n) is 2.41. The first kappa shape index (κ1) is 16.0. The van der Waals surface area contributed by atoms with Crippen LogP contribution in [-0.4, -0.2) is 33.1 Å². The number of nitrogens with zero attached hydrogens (tertiary/aromatic N) is 1. The van der Waals surface area contributed by atoms with Crippen LogP contribution in [0.5, 0.6) is 5.75 Å². The van der Waals surface area contributed by atoms with Crippen molar-refractivity contribution in [2.45, 2.75) is 6.92 Å². The van der Waals surface area contributed by atoms with Crippen molar-refractivity contribution in [3.63, 3.8) is 0 Å². The van der Waals surface area contributed by atoms with Gasteiger partial charge in [-0.15, -0.1) is 4.73 Å². The Morgan fingerprint density at radius 2 is 1.90 bits per heavy atom. The molecular weight excluding hydrogens is 280 g/mol. The van der Waals surface area contributed by atoms with Crippen LogP contribution in [0, 0.1) is 6.92 Å². The van der Waals surface area contributed by atoms with E-state index in [9.17, 15) is 14.4 Å². The number of hydrogen-bond acceptors (Lipinski definition) is 6. The Hall–Kier alpha value is -3.03. The van der Waals surface area contributed by atoms with Gasteiger partial charge in [-0.25, -0.2) is 9.59 Å². The third kappa shape index (κ3) is 4.23. The van der Waals surface area contributed by atoms with Gasteiger partial charge in [0.1, 0.15) is 11.3 Å². The molecule has 0 aliphatic rings. The molecule has 0 fully saturated rings. The second kappa shape index (κ2) is 6.94. The maximum absolute atomic E-state index is 10.9. The number of aromatic nitrogens is 2. The largest absolute Gasteiger partial charge is 0.507 e. The van der Waals surface area contributed by atoms with E-state index in [1.807, 2.05) is 4.98 Å². The number of phenols is 1. The molecule has 0 aliphatic carbocycles. The maximum Gasteiger partial charge on any atom is 0.361 e. The van der Waals surface area contributed by atoms with Gasteiger partial charge in [0, 0.05) is 5.56 Å². The lowest BCUT2D eigenvalue weighted by molar-refractivity contribution is 0.0597. The van der Waals surface area contributed by atoms with Gasteiger partial charge in [0.15, 0.2) is 0 Å². The number of benzene rings is 1. The molecule has 0 unspecified atom stereocenters. The van der Waals surface area contributed by atoms with Crippen LogP contribution >= 0.6 is 0 Å². The van der Waals surface area contributed by atoms with Gasteiger partial charge < -0.3 is 15.1 Å². The molecule has 21 heavy (non-hydrogen) atoms. The molecule has 0 bridgehead atoms. The van der Waals surface area contributed by atoms with Gasteiger partial charge in [-0.2, -0.15) is 0 Å². The highest BCUT2D eigenvalue weighted by molar-refractivity contribution is 5.92. The van der Waals surface area contributed by atoms with E-state index in [4.69, 9.17) is 10.3 Å². The number of ether oxygens (including phenoxy) is 1. The minimum atomic E-state index is -0.824. The lowest BCUT2D eigenvalue weighted by atomic mass is 10.2. The predicted molar refractivity (Wildman–Crippen MR) is 72.7 cm³/mol. The quantitative estimate of drug-likeness (QED) is 0.512. The number of phenolic OH excluding ortho intramolecular Hbond substituents is 1. The number of methoxy groups -OCH3 is 1. The van der Waals surface area contributed by atoms with E-state index in [1.54, 1.807) is 12.1 Å². The van der Waals surface area contributed by atoms with E-state index in [-0.39, 0.29) is 11.3 Å². The first-order valence-corrected chi connectivity index (χ1v) is 5.75. The van der Waals surface area contributed by atoms with E-state index < -0.39 is 17.2 Å². The minimum Gasteiger partial charge on any atom is -0.507 e. The molecule has 0 spiro atoms. The van der Waals surface area contributed by atoms with Gasteiger partial charge in [0.2, 0.25) is 0 Å². The Bertz CT molecular complexity index is 716. The molecule has 0 radical (unpaired) electrons. The zero-order valence-electron chi connectivity index (χ0n) is 11.4. The Kier molecular flexibility index (Phi) is 5.30. The molecule has 3 N–H and O–H groups in total. The van der Waals surface area contributed by atoms with E-state index in [1.165, 1.54) is 26.2 Å². The van der Waals surface area contributed by atoms with Crippen LogP contribution in [0.4, 0.5) is 0 Å². The molecule has 112 valence electrons. The number of aromatic amines is 1. The molecule has 1 heterocycles. The zero-order valence-corrected chi connectivity index (χ0v) is 11.4. The van der Waals surface area contributed by atoms with Gasteiger partial charge in [0.05, 0.1) is 13.3 Å². The summed E-state index contributed by atoms with van der Waals surface area (Å²) in [7, 11) is 1.27. The van der Waals surface area contributed by atoms with Crippen molar-refractivity contribution in [3.8, 4) is 5.75 Å². The molecule has 0 atom stereocenters. The zero-order chi connectivity index (χ0) is 16.0. The van der Waals surface area contributed by atoms with Crippen molar-refractivity contribution >= 4 is 5.97 Å². The summed E-state index contributed by atoms with van der Waals surface area (Å²) in [4.78, 5) is 33.8. The summed E-state index contributed by atoms with van der Waals surface area (Å²) in [6, 6.07) is 6.24. The first-order valence-electron chi connectivity index (χ1n) is 5.75. The molecule has 0 amide bonds. The van der Waals surface area contributed by atoms with Crippen LogP contribution in [0.2, 0.25) is 0 Å². The van der Waals surface area contributed by atoms with Gasteiger partial charge in [-0.1, -0.05) is 12.1 Å². The SMILES string of the molecule is COC(=O)c1ccccc1O.Cc1cn(O)c(=O)[nH]c1=O. The van der Waals surface area contributed by atoms with Crippen LogP contribution in [0.3, 0.4) is 0 Å². The summed E-state index contributed by atoms with van der Waals surface area (Å²) in [6.07, 6.45) is 1.06. The number of rotatable bonds is 1. The summed E-state index contributed by atoms with van der Waals surface area (Å²) in [5.41, 5.74) is -0.817. The Morgan fingerprint density at radius 1 is 1.29 bits per heavy atom. The van der Waals surface area contributed by atoms with Crippen molar-refractivity contribution in [3.05, 3.63) is 62.4 Å². The molecule has 0 aliphatic heterocycles. The van der Waals surface area contributed by atoms with Crippen molar-refractivity contribution < 1.29 is 19.8 Å². The number of aromatic hydroxyl groups is 1. The average molecular weight is 294 g/mol. The monoisotopic (exact) mass is 294 g/mol. The van der Waals surface area contributed by atoms with Crippen molar-refractivity contribution in [1.29, 1.82) is 0 Å². The number of para-hydroxylation sites is 1. The number of hydrogen-bond donors (Lipinski definition) is 3. The molecule has 1 aromatic heterocycles. The second-order valence-electron chi connectivity index (χ2n) is 3.92. The molecule has 2 rings (SSSR count). The second-order valence-corrected chi connectivity index (χ2v) is 3.92. The molecular formula is C13H14N2O6. The van der Waals surface area contributed by atoms with Crippen LogP contribution in [0.15, 0.2) is 40.1 Å². The summed E-state index contributed by atoms with van der Waals surface area (Å²) in [6.45, 7) is 1.49. The highest BCUT2D eigenvalue weighted by atomic mass is 16.5. The molecule has 0 saturated heterocycles. The first-order chi connectivity index (χ1) is 9.86. The van der Waals surface area contributed by atoms with Gasteiger partial charge in [-0.3, -0.25) is 9.78 Å². The van der Waals surface area contributed by atoms with Crippen molar-refractivity contribution in [2.75, 3.05) is 7.11 Å². The smallest absolute Gasteiger partial charge is 0.361 e. The standard InChI is InChI=1S/C8H8O3.C5H6N2O3/c1-11-8(10)6-4-2-3-5-7(6)9;1-3-2-7(10)5(9)6-4(3)8/h2-5,9H,1H3;2,10H,1H3,(H,6,8,9). The number of carbonyl (C=O) groups excluding carboxylic acids is 1. The van der Waals surface area contributed by atoms with Crippen LogP contribution in [-0.2, 0) is 4.74 Å². The fraction of sp³-hybridized carbons (Fsp3) is 0.154. The summed E-state index contributed by atoms with van der Waals surface area (Å²) >= 11 is 0. The van der Waals surface area contributed by atoms with E-state index >= 15 is 0 Å². The van der Waals surface area contributed by atoms with Crippen molar-refractivity contribution in [2.24, 2.45) is 0 Å². The van der Waals surface area contributed by atoms with Crippen LogP contribution < -0.4 is 11.2 Å². The fourth-order valence-corrected chi connectivity index (χ4v) is 1.31. The molecule has 8 heteroatoms. The maximum atomic E-state index is 10.9. The van der Waals surface area contributed by atoms with Crippen LogP contribution in [0.1, 0.15) is 15.9 Å². The average Bonchev–Trinajstić information content (AvgIpc) is 2.46. The Labute approximate surface area is 118 Å². The van der Waals surface area contributed by atoms with Gasteiger partial charge in [-0.05, 0) is 19.1 Å². The Morgan fingerprint density at radius 3 is 2.43 bits per heavy atom. The summed E-state index contributed by atoms with van der Waals surface area (Å²) in [5.74, 6) is -0.581. The molecule has 0 saturated carbocycles. The topological polar surface area (TPSA) is 122 Å². The third-order valence-corrected chi connectivity index (χ3v) is 2.41. The van der Waals surface area contributed by atoms with Gasteiger partial charge in [0.25, 0.3) is 5.56 Å². The van der Waals surface area contributed by atoms with Gasteiger partial charge >= 0.3 is 11.7 Å². The van der Waals surface area contributed by atoms with Crippen LogP contribution in [0.25, 0.3) is 0 Å². The van der Waals surface area contributed by atoms with Crippen molar-refractivity contribution in [1.82, 2.24) is 9.71 Å². The van der Waals surface area contributed by atoms with E-state index in [2.05, 4.69) is 4.74 Å².